The smallest absolute Gasteiger partial charge is 0.335 e. The molecule has 1 aromatic carbocycles. The van der Waals surface area contributed by atoms with Gasteiger partial charge < -0.3 is 5.11 Å². The van der Waals surface area contributed by atoms with Crippen LogP contribution in [-0.2, 0) is 6.42 Å². The van der Waals surface area contributed by atoms with E-state index in [4.69, 9.17) is 0 Å². The van der Waals surface area contributed by atoms with Gasteiger partial charge in [-0.3, -0.25) is 0 Å². The summed E-state index contributed by atoms with van der Waals surface area (Å²) in [6.07, 6.45) is 17.5. The molecule has 2 heteroatoms. The molecule has 2 nitrogen and oxygen atoms in total. The van der Waals surface area contributed by atoms with Gasteiger partial charge in [-0.25, -0.2) is 4.79 Å². The van der Waals surface area contributed by atoms with Crippen molar-refractivity contribution in [2.24, 2.45) is 17.8 Å². The summed E-state index contributed by atoms with van der Waals surface area (Å²) >= 11 is 0. The van der Waals surface area contributed by atoms with E-state index in [2.05, 4.69) is 19.9 Å². The van der Waals surface area contributed by atoms with Crippen molar-refractivity contribution in [2.45, 2.75) is 103 Å². The van der Waals surface area contributed by atoms with Crippen LogP contribution < -0.4 is 0 Å². The molecule has 2 fully saturated rings. The van der Waals surface area contributed by atoms with Crippen LogP contribution in [0.5, 0.6) is 0 Å². The van der Waals surface area contributed by atoms with Crippen LogP contribution in [0.4, 0.5) is 0 Å². The number of hydrogen-bond acceptors (Lipinski definition) is 1. The molecule has 1 N–H and O–H groups in total. The van der Waals surface area contributed by atoms with Crippen molar-refractivity contribution < 1.29 is 9.90 Å². The van der Waals surface area contributed by atoms with Crippen molar-refractivity contribution in [3.63, 3.8) is 0 Å². The van der Waals surface area contributed by atoms with Gasteiger partial charge in [-0.15, -0.1) is 0 Å². The van der Waals surface area contributed by atoms with Gasteiger partial charge in [-0.05, 0) is 73.0 Å². The molecule has 0 aliphatic heterocycles. The Hall–Kier alpha value is -1.31. The first kappa shape index (κ1) is 21.4. The Labute approximate surface area is 172 Å². The van der Waals surface area contributed by atoms with Crippen molar-refractivity contribution in [2.75, 3.05) is 0 Å². The summed E-state index contributed by atoms with van der Waals surface area (Å²) in [5, 5.41) is 9.50. The molecule has 0 radical (unpaired) electrons. The van der Waals surface area contributed by atoms with Gasteiger partial charge in [-0.2, -0.15) is 0 Å². The lowest BCUT2D eigenvalue weighted by Crippen LogP contribution is -2.18. The van der Waals surface area contributed by atoms with E-state index in [-0.39, 0.29) is 0 Å². The van der Waals surface area contributed by atoms with Crippen LogP contribution >= 0.6 is 0 Å². The lowest BCUT2D eigenvalue weighted by Gasteiger charge is -2.32. The fourth-order valence-corrected chi connectivity index (χ4v) is 6.03. The zero-order valence-electron chi connectivity index (χ0n) is 18.1. The molecule has 3 rings (SSSR count). The van der Waals surface area contributed by atoms with Gasteiger partial charge in [0.05, 0.1) is 5.56 Å². The highest BCUT2D eigenvalue weighted by Crippen LogP contribution is 2.41. The maximum absolute atomic E-state index is 11.6. The summed E-state index contributed by atoms with van der Waals surface area (Å²) in [5.41, 5.74) is 2.90. The van der Waals surface area contributed by atoms with Gasteiger partial charge in [0.2, 0.25) is 0 Å². The molecule has 0 unspecified atom stereocenters. The first-order valence-electron chi connectivity index (χ1n) is 12.0. The lowest BCUT2D eigenvalue weighted by molar-refractivity contribution is 0.0695. The maximum atomic E-state index is 11.6. The van der Waals surface area contributed by atoms with Gasteiger partial charge in [0.25, 0.3) is 0 Å². The summed E-state index contributed by atoms with van der Waals surface area (Å²) < 4.78 is 0. The fourth-order valence-electron chi connectivity index (χ4n) is 6.03. The largest absolute Gasteiger partial charge is 0.478 e. The fraction of sp³-hybridized carbons (Fsp3) is 0.731. The van der Waals surface area contributed by atoms with Gasteiger partial charge >= 0.3 is 5.97 Å². The zero-order chi connectivity index (χ0) is 19.9. The molecule has 0 atom stereocenters. The number of rotatable bonds is 8. The van der Waals surface area contributed by atoms with E-state index in [1.165, 1.54) is 82.6 Å². The third-order valence-corrected chi connectivity index (χ3v) is 7.73. The second-order valence-electron chi connectivity index (χ2n) is 9.50. The minimum absolute atomic E-state index is 0.515. The molecule has 28 heavy (non-hydrogen) atoms. The van der Waals surface area contributed by atoms with E-state index in [0.29, 0.717) is 11.5 Å². The molecule has 1 aromatic rings. The minimum atomic E-state index is -0.777. The summed E-state index contributed by atoms with van der Waals surface area (Å²) in [7, 11) is 0. The summed E-state index contributed by atoms with van der Waals surface area (Å²) in [6.45, 7) is 4.41. The van der Waals surface area contributed by atoms with E-state index in [9.17, 15) is 9.90 Å². The van der Waals surface area contributed by atoms with E-state index in [0.717, 1.165) is 29.7 Å². The van der Waals surface area contributed by atoms with Crippen LogP contribution in [0, 0.1) is 17.8 Å². The van der Waals surface area contributed by atoms with Gasteiger partial charge in [0.15, 0.2) is 0 Å². The second kappa shape index (κ2) is 10.5. The van der Waals surface area contributed by atoms with Crippen LogP contribution in [0.25, 0.3) is 0 Å². The first-order valence-corrected chi connectivity index (χ1v) is 12.0. The van der Waals surface area contributed by atoms with Gasteiger partial charge in [0, 0.05) is 0 Å². The molecule has 2 saturated carbocycles. The second-order valence-corrected chi connectivity index (χ2v) is 9.50. The van der Waals surface area contributed by atoms with Crippen molar-refractivity contribution in [1.29, 1.82) is 0 Å². The Morgan fingerprint density at radius 3 is 1.89 bits per heavy atom. The average molecular weight is 385 g/mol. The standard InChI is InChI=1S/C26H40O2/c1-3-6-19-9-11-20(12-10-19)13-14-21-15-17-22(18-16-21)24-7-5-8-25(26(27)28)23(24)4-2/h5,7-8,19-22H,3-4,6,9-18H2,1-2H3,(H,27,28). The number of aromatic carboxylic acids is 1. The molecule has 2 aliphatic rings. The molecule has 2 aliphatic carbocycles. The van der Waals surface area contributed by atoms with E-state index in [1.807, 2.05) is 6.07 Å². The lowest BCUT2D eigenvalue weighted by atomic mass is 9.73. The summed E-state index contributed by atoms with van der Waals surface area (Å²) in [6, 6.07) is 5.90. The Morgan fingerprint density at radius 1 is 0.857 bits per heavy atom. The number of hydrogen-bond donors (Lipinski definition) is 1. The van der Waals surface area contributed by atoms with E-state index >= 15 is 0 Å². The number of carboxylic acids is 1. The molecule has 0 saturated heterocycles. The quantitative estimate of drug-likeness (QED) is 0.501. The van der Waals surface area contributed by atoms with Crippen LogP contribution in [0.1, 0.15) is 118 Å². The highest BCUT2D eigenvalue weighted by atomic mass is 16.4. The predicted octanol–water partition coefficient (Wildman–Crippen LogP) is 7.61. The van der Waals surface area contributed by atoms with Crippen molar-refractivity contribution in [1.82, 2.24) is 0 Å². The molecule has 0 bridgehead atoms. The molecule has 0 aromatic heterocycles. The minimum Gasteiger partial charge on any atom is -0.478 e. The SMILES string of the molecule is CCCC1CCC(CCC2CCC(c3cccc(C(=O)O)c3CC)CC2)CC1. The van der Waals surface area contributed by atoms with E-state index in [1.54, 1.807) is 6.07 Å². The van der Waals surface area contributed by atoms with Crippen molar-refractivity contribution >= 4 is 5.97 Å². The van der Waals surface area contributed by atoms with Crippen LogP contribution in [0.3, 0.4) is 0 Å². The summed E-state index contributed by atoms with van der Waals surface area (Å²) in [5.74, 6) is 2.70. The molecule has 0 heterocycles. The van der Waals surface area contributed by atoms with Crippen molar-refractivity contribution in [3.8, 4) is 0 Å². The normalized spacial score (nSPS) is 28.2. The zero-order valence-corrected chi connectivity index (χ0v) is 18.1. The monoisotopic (exact) mass is 384 g/mol. The van der Waals surface area contributed by atoms with Gasteiger partial charge in [0.1, 0.15) is 0 Å². The highest BCUT2D eigenvalue weighted by molar-refractivity contribution is 5.89. The van der Waals surface area contributed by atoms with Crippen LogP contribution in [-0.4, -0.2) is 11.1 Å². The molecular weight excluding hydrogens is 344 g/mol. The highest BCUT2D eigenvalue weighted by Gasteiger charge is 2.27. The number of benzene rings is 1. The third-order valence-electron chi connectivity index (χ3n) is 7.73. The van der Waals surface area contributed by atoms with Gasteiger partial charge in [-0.1, -0.05) is 77.3 Å². The molecule has 0 amide bonds. The first-order chi connectivity index (χ1) is 13.6. The third kappa shape index (κ3) is 5.39. The van der Waals surface area contributed by atoms with Crippen molar-refractivity contribution in [3.05, 3.63) is 34.9 Å². The summed E-state index contributed by atoms with van der Waals surface area (Å²) in [4.78, 5) is 11.6. The number of carboxylic acid groups (broad SMARTS) is 1. The predicted molar refractivity (Wildman–Crippen MR) is 117 cm³/mol. The molecule has 0 spiro atoms. The Kier molecular flexibility index (Phi) is 8.00. The molecule has 156 valence electrons. The number of carbonyl (C=O) groups is 1. The maximum Gasteiger partial charge on any atom is 0.335 e. The van der Waals surface area contributed by atoms with Crippen LogP contribution in [0.2, 0.25) is 0 Å². The Morgan fingerprint density at radius 2 is 1.39 bits per heavy atom. The Balaban J connectivity index is 1.46. The topological polar surface area (TPSA) is 37.3 Å². The van der Waals surface area contributed by atoms with Crippen LogP contribution in [0.15, 0.2) is 18.2 Å². The average Bonchev–Trinajstić information content (AvgIpc) is 2.73. The Bertz CT molecular complexity index is 619. The van der Waals surface area contributed by atoms with E-state index < -0.39 is 5.97 Å². The molecular formula is C26H40O2.